The molecule has 0 saturated carbocycles. The third-order valence-corrected chi connectivity index (χ3v) is 7.32. The lowest BCUT2D eigenvalue weighted by Crippen LogP contribution is -2.33. The lowest BCUT2D eigenvalue weighted by molar-refractivity contribution is 0.0766. The van der Waals surface area contributed by atoms with Crippen molar-refractivity contribution in [2.24, 2.45) is 0 Å². The number of thiophene rings is 1. The Hall–Kier alpha value is -1.93. The Bertz CT molecular complexity index is 818. The zero-order valence-electron chi connectivity index (χ0n) is 13.2. The number of amides is 1. The van der Waals surface area contributed by atoms with Crippen LogP contribution in [-0.2, 0) is 9.84 Å². The fraction of sp³-hybridized carbons (Fsp3) is 0.375. The molecule has 2 aromatic rings. The van der Waals surface area contributed by atoms with Crippen LogP contribution in [-0.4, -0.2) is 50.2 Å². The molecule has 0 bridgehead atoms. The maximum Gasteiger partial charge on any atom is 0.254 e. The molecule has 1 aliphatic rings. The van der Waals surface area contributed by atoms with E-state index in [1.165, 1.54) is 24.6 Å². The summed E-state index contributed by atoms with van der Waals surface area (Å²) in [4.78, 5) is 19.1. The van der Waals surface area contributed by atoms with Crippen LogP contribution in [0, 0.1) is 0 Å². The number of rotatable bonds is 3. The van der Waals surface area contributed by atoms with Crippen molar-refractivity contribution >= 4 is 27.1 Å². The highest BCUT2D eigenvalue weighted by Gasteiger charge is 2.33. The van der Waals surface area contributed by atoms with Crippen LogP contribution in [0.25, 0.3) is 0 Å². The van der Waals surface area contributed by atoms with Crippen LogP contribution in [0.2, 0.25) is 0 Å². The number of nitrogens with zero attached hydrogens (tertiary/aromatic N) is 2. The number of carbonyl (C=O) groups is 1. The van der Waals surface area contributed by atoms with Gasteiger partial charge in [0.1, 0.15) is 0 Å². The van der Waals surface area contributed by atoms with E-state index in [1.54, 1.807) is 17.0 Å². The van der Waals surface area contributed by atoms with Gasteiger partial charge in [-0.1, -0.05) is 6.07 Å². The van der Waals surface area contributed by atoms with Gasteiger partial charge in [0.15, 0.2) is 9.84 Å². The summed E-state index contributed by atoms with van der Waals surface area (Å²) in [6.45, 7) is 0.610. The molecule has 24 heavy (non-hydrogen) atoms. The predicted octanol–water partition coefficient (Wildman–Crippen LogP) is 2.15. The van der Waals surface area contributed by atoms with Crippen LogP contribution in [0.1, 0.15) is 26.9 Å². The van der Waals surface area contributed by atoms with E-state index in [9.17, 15) is 13.2 Å². The highest BCUT2D eigenvalue weighted by molar-refractivity contribution is 7.91. The van der Waals surface area contributed by atoms with Crippen LogP contribution in [0.3, 0.4) is 0 Å². The Morgan fingerprint density at radius 3 is 2.92 bits per heavy atom. The van der Waals surface area contributed by atoms with Crippen molar-refractivity contribution < 1.29 is 17.9 Å². The van der Waals surface area contributed by atoms with Gasteiger partial charge in [-0.05, 0) is 23.9 Å². The summed E-state index contributed by atoms with van der Waals surface area (Å²) in [6.07, 6.45) is 1.92. The first-order valence-corrected chi connectivity index (χ1v) is 10.1. The first-order valence-electron chi connectivity index (χ1n) is 7.55. The fourth-order valence-electron chi connectivity index (χ4n) is 2.78. The van der Waals surface area contributed by atoms with Crippen molar-refractivity contribution in [1.29, 1.82) is 0 Å². The zero-order valence-corrected chi connectivity index (χ0v) is 14.8. The average Bonchev–Trinajstić information content (AvgIpc) is 3.06. The van der Waals surface area contributed by atoms with Gasteiger partial charge >= 0.3 is 0 Å². The number of aromatic nitrogens is 1. The van der Waals surface area contributed by atoms with Gasteiger partial charge in [-0.25, -0.2) is 13.4 Å². The quantitative estimate of drug-likeness (QED) is 0.832. The van der Waals surface area contributed by atoms with E-state index in [-0.39, 0.29) is 18.2 Å². The van der Waals surface area contributed by atoms with E-state index < -0.39 is 15.1 Å². The number of hydrogen-bond donors (Lipinski definition) is 0. The first-order chi connectivity index (χ1) is 11.5. The molecule has 2 aromatic heterocycles. The third kappa shape index (κ3) is 3.44. The minimum atomic E-state index is -3.26. The molecule has 6 nitrogen and oxygen atoms in total. The van der Waals surface area contributed by atoms with E-state index in [1.807, 2.05) is 17.5 Å². The molecule has 3 rings (SSSR count). The van der Waals surface area contributed by atoms with Gasteiger partial charge in [0, 0.05) is 35.8 Å². The Morgan fingerprint density at radius 1 is 1.38 bits per heavy atom. The summed E-state index contributed by atoms with van der Waals surface area (Å²) in [5.41, 5.74) is 0.453. The van der Waals surface area contributed by atoms with Crippen molar-refractivity contribution in [3.8, 4) is 5.88 Å². The Labute approximate surface area is 145 Å². The van der Waals surface area contributed by atoms with E-state index in [0.717, 1.165) is 4.88 Å². The second-order valence-electron chi connectivity index (χ2n) is 5.54. The fourth-order valence-corrected chi connectivity index (χ4v) is 5.78. The van der Waals surface area contributed by atoms with Crippen molar-refractivity contribution in [2.75, 3.05) is 26.0 Å². The molecule has 3 heterocycles. The van der Waals surface area contributed by atoms with Gasteiger partial charge in [-0.3, -0.25) is 4.79 Å². The second kappa shape index (κ2) is 6.90. The minimum absolute atomic E-state index is 0.0243. The molecule has 1 aliphatic heterocycles. The largest absolute Gasteiger partial charge is 0.481 e. The predicted molar refractivity (Wildman–Crippen MR) is 92.2 cm³/mol. The van der Waals surface area contributed by atoms with Crippen molar-refractivity contribution in [1.82, 2.24) is 9.88 Å². The van der Waals surface area contributed by atoms with Gasteiger partial charge in [0.25, 0.3) is 5.91 Å². The second-order valence-corrected chi connectivity index (χ2v) is 8.82. The number of sulfone groups is 1. The number of hydrogen-bond acceptors (Lipinski definition) is 6. The minimum Gasteiger partial charge on any atom is -0.481 e. The van der Waals surface area contributed by atoms with Gasteiger partial charge in [-0.15, -0.1) is 11.3 Å². The number of ether oxygens (including phenoxy) is 1. The smallest absolute Gasteiger partial charge is 0.254 e. The average molecular weight is 366 g/mol. The Morgan fingerprint density at radius 2 is 2.21 bits per heavy atom. The highest BCUT2D eigenvalue weighted by Crippen LogP contribution is 2.32. The standard InChI is InChI=1S/C16H18N2O4S2/c1-22-15-11-12(4-6-17-15)16(19)18-7-5-14(13-3-2-9-23-13)24(20,21)10-8-18/h2-4,6,9,11,14H,5,7-8,10H2,1H3. The van der Waals surface area contributed by atoms with Crippen LogP contribution < -0.4 is 4.74 Å². The lowest BCUT2D eigenvalue weighted by Gasteiger charge is -2.20. The van der Waals surface area contributed by atoms with Crippen LogP contribution in [0.4, 0.5) is 0 Å². The molecule has 8 heteroatoms. The molecular formula is C16H18N2O4S2. The molecule has 1 amide bonds. The molecule has 1 unspecified atom stereocenters. The van der Waals surface area contributed by atoms with Gasteiger partial charge in [-0.2, -0.15) is 0 Å². The van der Waals surface area contributed by atoms with Gasteiger partial charge in [0.05, 0.1) is 18.1 Å². The van der Waals surface area contributed by atoms with Crippen LogP contribution >= 0.6 is 11.3 Å². The van der Waals surface area contributed by atoms with Crippen LogP contribution in [0.15, 0.2) is 35.8 Å². The SMILES string of the molecule is COc1cc(C(=O)N2CCC(c3cccs3)S(=O)(=O)CC2)ccn1. The van der Waals surface area contributed by atoms with Crippen molar-refractivity contribution in [3.05, 3.63) is 46.3 Å². The summed E-state index contributed by atoms with van der Waals surface area (Å²) in [7, 11) is -1.78. The van der Waals surface area contributed by atoms with Gasteiger partial charge < -0.3 is 9.64 Å². The summed E-state index contributed by atoms with van der Waals surface area (Å²) in [5, 5.41) is 1.35. The molecule has 0 N–H and O–H groups in total. The Balaban J connectivity index is 1.80. The monoisotopic (exact) mass is 366 g/mol. The summed E-state index contributed by atoms with van der Waals surface area (Å²) in [5.74, 6) is 0.140. The van der Waals surface area contributed by atoms with Gasteiger partial charge in [0.2, 0.25) is 5.88 Å². The number of pyridine rings is 1. The molecule has 1 atom stereocenters. The molecule has 128 valence electrons. The topological polar surface area (TPSA) is 76.6 Å². The number of carbonyl (C=O) groups excluding carboxylic acids is 1. The van der Waals surface area contributed by atoms with E-state index in [2.05, 4.69) is 4.98 Å². The molecule has 0 radical (unpaired) electrons. The van der Waals surface area contributed by atoms with Crippen LogP contribution in [0.5, 0.6) is 5.88 Å². The molecule has 0 aliphatic carbocycles. The molecule has 1 saturated heterocycles. The zero-order chi connectivity index (χ0) is 17.2. The molecule has 0 aromatic carbocycles. The van der Waals surface area contributed by atoms with Crippen molar-refractivity contribution in [2.45, 2.75) is 11.7 Å². The maximum absolute atomic E-state index is 12.7. The summed E-state index contributed by atoms with van der Waals surface area (Å²) in [6, 6.07) is 6.88. The normalized spacial score (nSPS) is 20.4. The maximum atomic E-state index is 12.7. The Kier molecular flexibility index (Phi) is 4.86. The van der Waals surface area contributed by atoms with E-state index >= 15 is 0 Å². The van der Waals surface area contributed by atoms with E-state index in [0.29, 0.717) is 24.4 Å². The molecular weight excluding hydrogens is 348 g/mol. The summed E-state index contributed by atoms with van der Waals surface area (Å²) < 4.78 is 30.1. The molecule has 0 spiro atoms. The van der Waals surface area contributed by atoms with E-state index in [4.69, 9.17) is 4.74 Å². The highest BCUT2D eigenvalue weighted by atomic mass is 32.2. The lowest BCUT2D eigenvalue weighted by atomic mass is 10.2. The third-order valence-electron chi connectivity index (χ3n) is 4.08. The summed E-state index contributed by atoms with van der Waals surface area (Å²) >= 11 is 1.44. The van der Waals surface area contributed by atoms with Crippen molar-refractivity contribution in [3.63, 3.8) is 0 Å². The first kappa shape index (κ1) is 16.9. The molecule has 1 fully saturated rings. The number of methoxy groups -OCH3 is 1.